The highest BCUT2D eigenvalue weighted by atomic mass is 19.1. The largest absolute Gasteiger partial charge is 0.289 e. The molecule has 0 amide bonds. The molecule has 0 aromatic heterocycles. The molecular formula is C15H11FO. The molecule has 2 rings (SSSR count). The first-order valence-electron chi connectivity index (χ1n) is 5.29. The SMILES string of the molecule is O=C(C=Cc1cccc(F)c1)c1ccccc1. The van der Waals surface area contributed by atoms with E-state index in [2.05, 4.69) is 0 Å². The highest BCUT2D eigenvalue weighted by molar-refractivity contribution is 6.06. The summed E-state index contributed by atoms with van der Waals surface area (Å²) in [5.41, 5.74) is 1.30. The van der Waals surface area contributed by atoms with Crippen LogP contribution in [0.3, 0.4) is 0 Å². The zero-order valence-corrected chi connectivity index (χ0v) is 9.14. The third kappa shape index (κ3) is 3.11. The molecule has 0 aliphatic carbocycles. The van der Waals surface area contributed by atoms with E-state index in [0.29, 0.717) is 11.1 Å². The summed E-state index contributed by atoms with van der Waals surface area (Å²) in [7, 11) is 0. The molecule has 0 radical (unpaired) electrons. The maximum Gasteiger partial charge on any atom is 0.185 e. The van der Waals surface area contributed by atoms with Crippen LogP contribution in [0.4, 0.5) is 4.39 Å². The fourth-order valence-electron chi connectivity index (χ4n) is 1.48. The van der Waals surface area contributed by atoms with Gasteiger partial charge in [0.25, 0.3) is 0 Å². The van der Waals surface area contributed by atoms with Gasteiger partial charge >= 0.3 is 0 Å². The van der Waals surface area contributed by atoms with Gasteiger partial charge in [-0.25, -0.2) is 4.39 Å². The number of hydrogen-bond donors (Lipinski definition) is 0. The van der Waals surface area contributed by atoms with Crippen LogP contribution in [0.25, 0.3) is 6.08 Å². The zero-order valence-electron chi connectivity index (χ0n) is 9.14. The molecule has 0 aliphatic rings. The first kappa shape index (κ1) is 11.3. The van der Waals surface area contributed by atoms with E-state index < -0.39 is 0 Å². The van der Waals surface area contributed by atoms with Crippen LogP contribution in [0, 0.1) is 5.82 Å². The zero-order chi connectivity index (χ0) is 12.1. The topological polar surface area (TPSA) is 17.1 Å². The van der Waals surface area contributed by atoms with Crippen molar-refractivity contribution in [3.8, 4) is 0 Å². The van der Waals surface area contributed by atoms with Crippen LogP contribution < -0.4 is 0 Å². The smallest absolute Gasteiger partial charge is 0.185 e. The van der Waals surface area contributed by atoms with Gasteiger partial charge in [-0.2, -0.15) is 0 Å². The van der Waals surface area contributed by atoms with Crippen molar-refractivity contribution >= 4 is 11.9 Å². The second-order valence-corrected chi connectivity index (χ2v) is 3.62. The molecule has 0 bridgehead atoms. The lowest BCUT2D eigenvalue weighted by atomic mass is 10.1. The lowest BCUT2D eigenvalue weighted by molar-refractivity contribution is 0.104. The van der Waals surface area contributed by atoms with Gasteiger partial charge in [0.2, 0.25) is 0 Å². The summed E-state index contributed by atoms with van der Waals surface area (Å²) in [6.45, 7) is 0. The van der Waals surface area contributed by atoms with E-state index in [1.165, 1.54) is 18.2 Å². The summed E-state index contributed by atoms with van der Waals surface area (Å²) in [4.78, 5) is 11.7. The summed E-state index contributed by atoms with van der Waals surface area (Å²) in [5.74, 6) is -0.394. The van der Waals surface area contributed by atoms with Gasteiger partial charge < -0.3 is 0 Å². The van der Waals surface area contributed by atoms with Crippen molar-refractivity contribution in [3.63, 3.8) is 0 Å². The Labute approximate surface area is 99.2 Å². The summed E-state index contributed by atoms with van der Waals surface area (Å²) >= 11 is 0. The Bertz CT molecular complexity index is 544. The van der Waals surface area contributed by atoms with Crippen LogP contribution >= 0.6 is 0 Å². The molecule has 0 saturated carbocycles. The first-order chi connectivity index (χ1) is 8.25. The molecule has 2 aromatic rings. The average Bonchev–Trinajstić information content (AvgIpc) is 2.37. The number of halogens is 1. The van der Waals surface area contributed by atoms with Gasteiger partial charge in [0.05, 0.1) is 0 Å². The number of allylic oxidation sites excluding steroid dienone is 1. The minimum Gasteiger partial charge on any atom is -0.289 e. The predicted molar refractivity (Wildman–Crippen MR) is 66.2 cm³/mol. The van der Waals surface area contributed by atoms with Gasteiger partial charge in [0.1, 0.15) is 5.82 Å². The minimum absolute atomic E-state index is 0.0881. The number of carbonyl (C=O) groups excluding carboxylic acids is 1. The molecule has 84 valence electrons. The maximum atomic E-state index is 12.9. The Morgan fingerprint density at radius 3 is 2.47 bits per heavy atom. The van der Waals surface area contributed by atoms with Gasteiger partial charge in [-0.15, -0.1) is 0 Å². The number of benzene rings is 2. The normalized spacial score (nSPS) is 10.6. The van der Waals surface area contributed by atoms with Crippen molar-refractivity contribution in [2.45, 2.75) is 0 Å². The second-order valence-electron chi connectivity index (χ2n) is 3.62. The van der Waals surface area contributed by atoms with E-state index in [1.807, 2.05) is 18.2 Å². The average molecular weight is 226 g/mol. The standard InChI is InChI=1S/C15H11FO/c16-14-8-4-5-12(11-14)9-10-15(17)13-6-2-1-3-7-13/h1-11H. The fraction of sp³-hybridized carbons (Fsp3) is 0. The quantitative estimate of drug-likeness (QED) is 0.575. The highest BCUT2D eigenvalue weighted by Crippen LogP contribution is 2.07. The molecule has 0 fully saturated rings. The summed E-state index contributed by atoms with van der Waals surface area (Å²) in [6, 6.07) is 15.1. The lowest BCUT2D eigenvalue weighted by Crippen LogP contribution is -1.92. The molecule has 0 spiro atoms. The van der Waals surface area contributed by atoms with Gasteiger partial charge in [-0.3, -0.25) is 4.79 Å². The summed E-state index contributed by atoms with van der Waals surface area (Å²) in [6.07, 6.45) is 3.06. The lowest BCUT2D eigenvalue weighted by Gasteiger charge is -1.95. The van der Waals surface area contributed by atoms with Crippen LogP contribution in [0.1, 0.15) is 15.9 Å². The van der Waals surface area contributed by atoms with E-state index in [0.717, 1.165) is 0 Å². The van der Waals surface area contributed by atoms with Gasteiger partial charge in [0.15, 0.2) is 5.78 Å². The van der Waals surface area contributed by atoms with E-state index in [4.69, 9.17) is 0 Å². The van der Waals surface area contributed by atoms with Crippen LogP contribution in [-0.2, 0) is 0 Å². The van der Waals surface area contributed by atoms with Crippen molar-refractivity contribution in [2.24, 2.45) is 0 Å². The highest BCUT2D eigenvalue weighted by Gasteiger charge is 1.99. The van der Waals surface area contributed by atoms with Crippen molar-refractivity contribution in [2.75, 3.05) is 0 Å². The number of hydrogen-bond acceptors (Lipinski definition) is 1. The van der Waals surface area contributed by atoms with Crippen molar-refractivity contribution < 1.29 is 9.18 Å². The van der Waals surface area contributed by atoms with Crippen molar-refractivity contribution in [1.82, 2.24) is 0 Å². The Balaban J connectivity index is 2.14. The molecule has 0 unspecified atom stereocenters. The van der Waals surface area contributed by atoms with Crippen LogP contribution in [-0.4, -0.2) is 5.78 Å². The predicted octanol–water partition coefficient (Wildman–Crippen LogP) is 3.72. The van der Waals surface area contributed by atoms with Crippen molar-refractivity contribution in [1.29, 1.82) is 0 Å². The van der Waals surface area contributed by atoms with Gasteiger partial charge in [-0.1, -0.05) is 48.5 Å². The molecular weight excluding hydrogens is 215 g/mol. The minimum atomic E-state index is -0.306. The Kier molecular flexibility index (Phi) is 3.46. The summed E-state index contributed by atoms with van der Waals surface area (Å²) in [5, 5.41) is 0. The molecule has 0 saturated heterocycles. The molecule has 0 atom stereocenters. The third-order valence-electron chi connectivity index (χ3n) is 2.33. The maximum absolute atomic E-state index is 12.9. The van der Waals surface area contributed by atoms with Crippen LogP contribution in [0.15, 0.2) is 60.7 Å². The van der Waals surface area contributed by atoms with E-state index in [-0.39, 0.29) is 11.6 Å². The monoisotopic (exact) mass is 226 g/mol. The van der Waals surface area contributed by atoms with E-state index in [1.54, 1.807) is 30.3 Å². The number of rotatable bonds is 3. The first-order valence-corrected chi connectivity index (χ1v) is 5.29. The van der Waals surface area contributed by atoms with Gasteiger partial charge in [-0.05, 0) is 23.8 Å². The fourth-order valence-corrected chi connectivity index (χ4v) is 1.48. The molecule has 2 aromatic carbocycles. The van der Waals surface area contributed by atoms with E-state index >= 15 is 0 Å². The van der Waals surface area contributed by atoms with Crippen LogP contribution in [0.5, 0.6) is 0 Å². The van der Waals surface area contributed by atoms with Gasteiger partial charge in [0, 0.05) is 5.56 Å². The Hall–Kier alpha value is -2.22. The van der Waals surface area contributed by atoms with Crippen molar-refractivity contribution in [3.05, 3.63) is 77.6 Å². The number of ketones is 1. The Morgan fingerprint density at radius 2 is 1.76 bits per heavy atom. The Morgan fingerprint density at radius 1 is 1.00 bits per heavy atom. The summed E-state index contributed by atoms with van der Waals surface area (Å²) < 4.78 is 12.9. The number of carbonyl (C=O) groups is 1. The van der Waals surface area contributed by atoms with Crippen LogP contribution in [0.2, 0.25) is 0 Å². The molecule has 1 nitrogen and oxygen atoms in total. The second kappa shape index (κ2) is 5.21. The molecule has 17 heavy (non-hydrogen) atoms. The molecule has 0 aliphatic heterocycles. The third-order valence-corrected chi connectivity index (χ3v) is 2.33. The van der Waals surface area contributed by atoms with E-state index in [9.17, 15) is 9.18 Å². The molecule has 0 N–H and O–H groups in total. The molecule has 2 heteroatoms. The molecule has 0 heterocycles.